The zero-order valence-corrected chi connectivity index (χ0v) is 13.7. The van der Waals surface area contributed by atoms with Crippen LogP contribution in [0.3, 0.4) is 0 Å². The second-order valence-corrected chi connectivity index (χ2v) is 7.13. The minimum Gasteiger partial charge on any atom is -0.351 e. The number of thiophene rings is 1. The van der Waals surface area contributed by atoms with Gasteiger partial charge >= 0.3 is 0 Å². The maximum atomic E-state index is 12.3. The van der Waals surface area contributed by atoms with Crippen LogP contribution in [0, 0.1) is 0 Å². The summed E-state index contributed by atoms with van der Waals surface area (Å²) < 4.78 is 1.23. The summed E-state index contributed by atoms with van der Waals surface area (Å²) in [5, 5.41) is 9.72. The second-order valence-electron chi connectivity index (χ2n) is 5.17. The Bertz CT molecular complexity index is 929. The molecule has 0 atom stereocenters. The molecule has 1 aliphatic rings. The number of amides is 1. The monoisotopic (exact) mass is 347 g/mol. The smallest absolute Gasteiger partial charge is 0.275 e. The Morgan fingerprint density at radius 1 is 1.39 bits per heavy atom. The Hall–Kier alpha value is -2.26. The van der Waals surface area contributed by atoms with E-state index in [0.29, 0.717) is 16.6 Å². The van der Waals surface area contributed by atoms with Crippen molar-refractivity contribution in [3.63, 3.8) is 0 Å². The van der Waals surface area contributed by atoms with E-state index in [1.807, 2.05) is 4.90 Å². The van der Waals surface area contributed by atoms with Crippen LogP contribution in [0.1, 0.15) is 10.4 Å². The first-order valence-corrected chi connectivity index (χ1v) is 8.82. The summed E-state index contributed by atoms with van der Waals surface area (Å²) in [6, 6.07) is 3.44. The number of nitrogens with zero attached hydrogens (tertiary/aromatic N) is 4. The Labute approximate surface area is 139 Å². The number of hydrogen-bond donors (Lipinski definition) is 1. The van der Waals surface area contributed by atoms with Crippen molar-refractivity contribution < 1.29 is 4.79 Å². The van der Waals surface area contributed by atoms with Crippen LogP contribution in [0.25, 0.3) is 4.96 Å². The molecular formula is C14H13N5O2S2. The third-order valence-corrected chi connectivity index (χ3v) is 5.63. The van der Waals surface area contributed by atoms with Crippen LogP contribution in [-0.4, -0.2) is 38.5 Å². The maximum Gasteiger partial charge on any atom is 0.275 e. The van der Waals surface area contributed by atoms with Crippen LogP contribution in [-0.2, 0) is 17.8 Å². The normalized spacial score (nSPS) is 14.0. The summed E-state index contributed by atoms with van der Waals surface area (Å²) in [7, 11) is 0. The van der Waals surface area contributed by atoms with Gasteiger partial charge in [-0.2, -0.15) is 4.52 Å². The van der Waals surface area contributed by atoms with Crippen LogP contribution >= 0.6 is 22.7 Å². The molecule has 3 aromatic rings. The minimum absolute atomic E-state index is 0.0291. The summed E-state index contributed by atoms with van der Waals surface area (Å²) in [5.41, 5.74) is 1.01. The molecule has 3 aromatic heterocycles. The molecule has 23 heavy (non-hydrogen) atoms. The van der Waals surface area contributed by atoms with Crippen molar-refractivity contribution in [1.29, 1.82) is 0 Å². The quantitative estimate of drug-likeness (QED) is 0.770. The molecule has 9 heteroatoms. The highest BCUT2D eigenvalue weighted by Crippen LogP contribution is 2.24. The molecule has 1 N–H and O–H groups in total. The summed E-state index contributed by atoms with van der Waals surface area (Å²) in [5.74, 6) is 0.0291. The third kappa shape index (κ3) is 2.73. The number of anilines is 1. The molecule has 0 fully saturated rings. The van der Waals surface area contributed by atoms with E-state index >= 15 is 0 Å². The molecule has 0 unspecified atom stereocenters. The molecule has 0 radical (unpaired) electrons. The fourth-order valence-corrected chi connectivity index (χ4v) is 4.20. The lowest BCUT2D eigenvalue weighted by Crippen LogP contribution is -2.38. The topological polar surface area (TPSA) is 79.6 Å². The van der Waals surface area contributed by atoms with Gasteiger partial charge in [0, 0.05) is 30.2 Å². The predicted molar refractivity (Wildman–Crippen MR) is 89.1 cm³/mol. The molecule has 0 aliphatic carbocycles. The van der Waals surface area contributed by atoms with Crippen molar-refractivity contribution in [3.05, 3.63) is 44.5 Å². The maximum absolute atomic E-state index is 12.3. The molecule has 7 nitrogen and oxygen atoms in total. The number of carbonyl (C=O) groups excluding carboxylic acids is 1. The van der Waals surface area contributed by atoms with Crippen LogP contribution in [0.4, 0.5) is 5.13 Å². The highest BCUT2D eigenvalue weighted by molar-refractivity contribution is 7.20. The first-order chi connectivity index (χ1) is 11.2. The van der Waals surface area contributed by atoms with Gasteiger partial charge in [0.15, 0.2) is 0 Å². The summed E-state index contributed by atoms with van der Waals surface area (Å²) in [6.07, 6.45) is 2.37. The van der Waals surface area contributed by atoms with E-state index in [9.17, 15) is 9.59 Å². The second kappa shape index (κ2) is 5.74. The first kappa shape index (κ1) is 14.3. The van der Waals surface area contributed by atoms with E-state index in [1.165, 1.54) is 38.6 Å². The van der Waals surface area contributed by atoms with Gasteiger partial charge in [0.25, 0.3) is 5.56 Å². The van der Waals surface area contributed by atoms with Crippen molar-refractivity contribution in [2.45, 2.75) is 13.0 Å². The number of fused-ring (bicyclic) bond motifs is 2. The predicted octanol–water partition coefficient (Wildman–Crippen LogP) is 1.21. The fourth-order valence-electron chi connectivity index (χ4n) is 2.54. The highest BCUT2D eigenvalue weighted by Gasteiger charge is 2.21. The van der Waals surface area contributed by atoms with Gasteiger partial charge in [-0.25, -0.2) is 4.98 Å². The highest BCUT2D eigenvalue weighted by atomic mass is 32.1. The molecule has 0 bridgehead atoms. The summed E-state index contributed by atoms with van der Waals surface area (Å²) in [4.78, 5) is 31.8. The summed E-state index contributed by atoms with van der Waals surface area (Å²) >= 11 is 3.00. The van der Waals surface area contributed by atoms with Crippen molar-refractivity contribution >= 4 is 38.7 Å². The van der Waals surface area contributed by atoms with E-state index in [1.54, 1.807) is 11.3 Å². The first-order valence-electron chi connectivity index (χ1n) is 7.12. The lowest BCUT2D eigenvalue weighted by molar-refractivity contribution is -0.130. The number of hydrogen-bond acceptors (Lipinski definition) is 7. The van der Waals surface area contributed by atoms with Gasteiger partial charge in [0.2, 0.25) is 16.0 Å². The summed E-state index contributed by atoms with van der Waals surface area (Å²) in [6.45, 7) is 1.57. The molecule has 1 aliphatic heterocycles. The lowest BCUT2D eigenvalue weighted by atomic mass is 10.1. The number of aromatic nitrogens is 3. The molecule has 4 heterocycles. The van der Waals surface area contributed by atoms with E-state index < -0.39 is 0 Å². The third-order valence-electron chi connectivity index (χ3n) is 3.72. The zero-order valence-electron chi connectivity index (χ0n) is 12.1. The van der Waals surface area contributed by atoms with Gasteiger partial charge in [0.1, 0.15) is 0 Å². The van der Waals surface area contributed by atoms with Crippen LogP contribution in [0.15, 0.2) is 28.5 Å². The van der Waals surface area contributed by atoms with Gasteiger partial charge in [0.05, 0.1) is 6.54 Å². The van der Waals surface area contributed by atoms with Gasteiger partial charge < -0.3 is 10.2 Å². The number of rotatable bonds is 3. The Kier molecular flexibility index (Phi) is 3.58. The number of carbonyl (C=O) groups is 1. The number of nitrogens with one attached hydrogen (secondary N) is 1. The van der Waals surface area contributed by atoms with Gasteiger partial charge in [-0.05, 0) is 23.4 Å². The largest absolute Gasteiger partial charge is 0.351 e. The SMILES string of the molecule is O=C(CNc1nn2c(=O)ccnc2s1)N1CCc2sccc2C1. The van der Waals surface area contributed by atoms with Crippen molar-refractivity contribution in [3.8, 4) is 0 Å². The average Bonchev–Trinajstić information content (AvgIpc) is 3.18. The van der Waals surface area contributed by atoms with Crippen LogP contribution in [0.5, 0.6) is 0 Å². The van der Waals surface area contributed by atoms with Crippen LogP contribution in [0.2, 0.25) is 0 Å². The van der Waals surface area contributed by atoms with Crippen LogP contribution < -0.4 is 10.9 Å². The molecule has 0 saturated carbocycles. The molecule has 0 aromatic carbocycles. The van der Waals surface area contributed by atoms with Gasteiger partial charge in [-0.1, -0.05) is 11.3 Å². The van der Waals surface area contributed by atoms with Crippen molar-refractivity contribution in [1.82, 2.24) is 19.5 Å². The Morgan fingerprint density at radius 3 is 3.17 bits per heavy atom. The van der Waals surface area contributed by atoms with E-state index in [2.05, 4.69) is 26.8 Å². The molecule has 1 amide bonds. The zero-order chi connectivity index (χ0) is 15.8. The van der Waals surface area contributed by atoms with E-state index in [0.717, 1.165) is 13.0 Å². The van der Waals surface area contributed by atoms with Crippen molar-refractivity contribution in [2.75, 3.05) is 18.4 Å². The van der Waals surface area contributed by atoms with Gasteiger partial charge in [-0.15, -0.1) is 16.4 Å². The molecule has 4 rings (SSSR count). The molecule has 118 valence electrons. The lowest BCUT2D eigenvalue weighted by Gasteiger charge is -2.27. The average molecular weight is 347 g/mol. The van der Waals surface area contributed by atoms with E-state index in [-0.39, 0.29) is 18.0 Å². The van der Waals surface area contributed by atoms with Gasteiger partial charge in [-0.3, -0.25) is 9.59 Å². The Morgan fingerprint density at radius 2 is 2.30 bits per heavy atom. The fraction of sp³-hybridized carbons (Fsp3) is 0.286. The Balaban J connectivity index is 1.43. The van der Waals surface area contributed by atoms with E-state index in [4.69, 9.17) is 0 Å². The van der Waals surface area contributed by atoms with Crippen molar-refractivity contribution in [2.24, 2.45) is 0 Å². The minimum atomic E-state index is -0.230. The standard InChI is InChI=1S/C14H13N5O2S2/c20-11-1-4-15-14-19(11)17-13(23-14)16-7-12(21)18-5-2-10-9(8-18)3-6-22-10/h1,3-4,6H,2,5,7-8H2,(H,16,17). The molecular weight excluding hydrogens is 334 g/mol. The molecule has 0 saturated heterocycles. The molecule has 0 spiro atoms.